The van der Waals surface area contributed by atoms with Crippen molar-refractivity contribution in [3.05, 3.63) is 42.5 Å². The number of nitrogens with zero attached hydrogens (tertiary/aromatic N) is 3. The van der Waals surface area contributed by atoms with Gasteiger partial charge in [0.2, 0.25) is 0 Å². The van der Waals surface area contributed by atoms with Gasteiger partial charge in [0.1, 0.15) is 12.7 Å². The summed E-state index contributed by atoms with van der Waals surface area (Å²) in [6.07, 6.45) is 5.84. The van der Waals surface area contributed by atoms with Crippen LogP contribution in [0.5, 0.6) is 0 Å². The van der Waals surface area contributed by atoms with Crippen LogP contribution in [0.3, 0.4) is 0 Å². The number of thioether (sulfide) groups is 1. The number of anilines is 1. The molecule has 1 fully saturated rings. The van der Waals surface area contributed by atoms with E-state index in [1.165, 1.54) is 35.6 Å². The molecule has 0 atom stereocenters. The molecule has 4 nitrogen and oxygen atoms in total. The average molecular weight is 274 g/mol. The molecular weight excluding hydrogens is 256 g/mol. The Balaban J connectivity index is 1.73. The monoisotopic (exact) mass is 274 g/mol. The molecule has 0 radical (unpaired) electrons. The summed E-state index contributed by atoms with van der Waals surface area (Å²) < 4.78 is 1.86. The van der Waals surface area contributed by atoms with E-state index >= 15 is 0 Å². The summed E-state index contributed by atoms with van der Waals surface area (Å²) >= 11 is 2.05. The first-order valence-electron chi connectivity index (χ1n) is 6.66. The fraction of sp³-hybridized carbons (Fsp3) is 0.429. The lowest BCUT2D eigenvalue weighted by atomic mass is 10.1. The van der Waals surface area contributed by atoms with Crippen LogP contribution in [-0.2, 0) is 6.54 Å². The second-order valence-corrected chi connectivity index (χ2v) is 6.01. The zero-order chi connectivity index (χ0) is 12.9. The topological polar surface area (TPSA) is 42.7 Å². The van der Waals surface area contributed by atoms with E-state index in [1.807, 2.05) is 4.68 Å². The summed E-state index contributed by atoms with van der Waals surface area (Å²) in [6, 6.07) is 9.09. The lowest BCUT2D eigenvalue weighted by Crippen LogP contribution is -2.25. The van der Waals surface area contributed by atoms with Crippen LogP contribution in [0, 0.1) is 0 Å². The molecule has 1 aliphatic rings. The van der Waals surface area contributed by atoms with Gasteiger partial charge in [0.25, 0.3) is 0 Å². The molecule has 100 valence electrons. The third-order valence-corrected chi connectivity index (χ3v) is 4.45. The fourth-order valence-electron chi connectivity index (χ4n) is 2.35. The molecule has 1 aromatic carbocycles. The number of nitrogens with one attached hydrogen (secondary N) is 1. The molecule has 0 unspecified atom stereocenters. The highest BCUT2D eigenvalue weighted by Gasteiger charge is 2.14. The molecule has 1 aliphatic heterocycles. The van der Waals surface area contributed by atoms with Crippen LogP contribution in [0.2, 0.25) is 0 Å². The molecule has 1 aromatic heterocycles. The van der Waals surface area contributed by atoms with Crippen molar-refractivity contribution in [2.45, 2.75) is 25.4 Å². The first-order chi connectivity index (χ1) is 9.42. The Labute approximate surface area is 117 Å². The van der Waals surface area contributed by atoms with Gasteiger partial charge >= 0.3 is 0 Å². The van der Waals surface area contributed by atoms with Gasteiger partial charge in [0.15, 0.2) is 0 Å². The maximum absolute atomic E-state index is 4.17. The van der Waals surface area contributed by atoms with Gasteiger partial charge in [-0.15, -0.1) is 0 Å². The van der Waals surface area contributed by atoms with Gasteiger partial charge in [-0.05, 0) is 36.0 Å². The molecule has 19 heavy (non-hydrogen) atoms. The molecule has 1 N–H and O–H groups in total. The molecule has 0 amide bonds. The maximum atomic E-state index is 4.17. The Morgan fingerprint density at radius 1 is 1.26 bits per heavy atom. The number of aromatic nitrogens is 3. The molecule has 0 bridgehead atoms. The van der Waals surface area contributed by atoms with Crippen LogP contribution >= 0.6 is 11.8 Å². The van der Waals surface area contributed by atoms with Crippen molar-refractivity contribution in [3.8, 4) is 0 Å². The lowest BCUT2D eigenvalue weighted by molar-refractivity contribution is 0.657. The minimum absolute atomic E-state index is 0.609. The Bertz CT molecular complexity index is 506. The average Bonchev–Trinajstić information content (AvgIpc) is 2.95. The van der Waals surface area contributed by atoms with Crippen LogP contribution in [0.25, 0.3) is 0 Å². The molecular formula is C14H18N4S. The predicted molar refractivity (Wildman–Crippen MR) is 79.5 cm³/mol. The molecule has 5 heteroatoms. The summed E-state index contributed by atoms with van der Waals surface area (Å²) in [5.74, 6) is 2.53. The van der Waals surface area contributed by atoms with Gasteiger partial charge in [-0.2, -0.15) is 16.9 Å². The van der Waals surface area contributed by atoms with Crippen molar-refractivity contribution in [2.75, 3.05) is 16.8 Å². The van der Waals surface area contributed by atoms with E-state index in [9.17, 15) is 0 Å². The SMILES string of the molecule is c1ccc(NC2CCSCC2)c(Cn2cncn2)c1. The van der Waals surface area contributed by atoms with Gasteiger partial charge in [-0.1, -0.05) is 18.2 Å². The summed E-state index contributed by atoms with van der Waals surface area (Å²) in [4.78, 5) is 3.99. The van der Waals surface area contributed by atoms with Crippen molar-refractivity contribution < 1.29 is 0 Å². The molecule has 1 saturated heterocycles. The van der Waals surface area contributed by atoms with Crippen molar-refractivity contribution in [2.24, 2.45) is 0 Å². The van der Waals surface area contributed by atoms with E-state index in [1.54, 1.807) is 12.7 Å². The van der Waals surface area contributed by atoms with E-state index in [0.717, 1.165) is 6.54 Å². The zero-order valence-electron chi connectivity index (χ0n) is 10.8. The van der Waals surface area contributed by atoms with Crippen LogP contribution in [-0.4, -0.2) is 32.3 Å². The van der Waals surface area contributed by atoms with Crippen LogP contribution in [0.15, 0.2) is 36.9 Å². The molecule has 0 spiro atoms. The Morgan fingerprint density at radius 3 is 2.89 bits per heavy atom. The highest BCUT2D eigenvalue weighted by atomic mass is 32.2. The number of hydrogen-bond acceptors (Lipinski definition) is 4. The quantitative estimate of drug-likeness (QED) is 0.930. The number of hydrogen-bond donors (Lipinski definition) is 1. The van der Waals surface area contributed by atoms with E-state index in [2.05, 4.69) is 51.4 Å². The van der Waals surface area contributed by atoms with Gasteiger partial charge in [0, 0.05) is 11.7 Å². The van der Waals surface area contributed by atoms with E-state index in [4.69, 9.17) is 0 Å². The first kappa shape index (κ1) is 12.5. The van der Waals surface area contributed by atoms with Gasteiger partial charge < -0.3 is 5.32 Å². The standard InChI is InChI=1S/C14H18N4S/c1-2-4-14(17-13-5-7-19-8-6-13)12(3-1)9-18-11-15-10-16-18/h1-4,10-11,13,17H,5-9H2. The number of rotatable bonds is 4. The van der Waals surface area contributed by atoms with Crippen molar-refractivity contribution >= 4 is 17.4 Å². The van der Waals surface area contributed by atoms with E-state index < -0.39 is 0 Å². The van der Waals surface area contributed by atoms with E-state index in [-0.39, 0.29) is 0 Å². The lowest BCUT2D eigenvalue weighted by Gasteiger charge is -2.25. The summed E-state index contributed by atoms with van der Waals surface area (Å²) in [5, 5.41) is 7.86. The molecule has 2 aromatic rings. The Kier molecular flexibility index (Phi) is 4.03. The molecule has 0 aliphatic carbocycles. The van der Waals surface area contributed by atoms with Crippen LogP contribution < -0.4 is 5.32 Å². The third kappa shape index (κ3) is 3.29. The molecule has 2 heterocycles. The minimum Gasteiger partial charge on any atom is -0.382 e. The maximum Gasteiger partial charge on any atom is 0.137 e. The summed E-state index contributed by atoms with van der Waals surface area (Å²) in [5.41, 5.74) is 2.50. The number of benzene rings is 1. The van der Waals surface area contributed by atoms with Crippen molar-refractivity contribution in [3.63, 3.8) is 0 Å². The highest BCUT2D eigenvalue weighted by Crippen LogP contribution is 2.23. The van der Waals surface area contributed by atoms with Gasteiger partial charge in [-0.3, -0.25) is 0 Å². The van der Waals surface area contributed by atoms with Gasteiger partial charge in [-0.25, -0.2) is 9.67 Å². The first-order valence-corrected chi connectivity index (χ1v) is 7.82. The highest BCUT2D eigenvalue weighted by molar-refractivity contribution is 7.99. The van der Waals surface area contributed by atoms with Crippen LogP contribution in [0.4, 0.5) is 5.69 Å². The van der Waals surface area contributed by atoms with Crippen molar-refractivity contribution in [1.82, 2.24) is 14.8 Å². The Hall–Kier alpha value is -1.49. The van der Waals surface area contributed by atoms with Crippen molar-refractivity contribution in [1.29, 1.82) is 0 Å². The third-order valence-electron chi connectivity index (χ3n) is 3.40. The van der Waals surface area contributed by atoms with Crippen LogP contribution in [0.1, 0.15) is 18.4 Å². The largest absolute Gasteiger partial charge is 0.382 e. The van der Waals surface area contributed by atoms with E-state index in [0.29, 0.717) is 6.04 Å². The Morgan fingerprint density at radius 2 is 2.11 bits per heavy atom. The summed E-state index contributed by atoms with van der Waals surface area (Å²) in [6.45, 7) is 0.768. The predicted octanol–water partition coefficient (Wildman–Crippen LogP) is 2.63. The van der Waals surface area contributed by atoms with Gasteiger partial charge in [0.05, 0.1) is 6.54 Å². The molecule has 0 saturated carbocycles. The molecule has 3 rings (SSSR count). The minimum atomic E-state index is 0.609. The summed E-state index contributed by atoms with van der Waals surface area (Å²) in [7, 11) is 0. The smallest absolute Gasteiger partial charge is 0.137 e. The number of para-hydroxylation sites is 1. The zero-order valence-corrected chi connectivity index (χ0v) is 11.6. The second-order valence-electron chi connectivity index (χ2n) is 4.78. The normalized spacial score (nSPS) is 16.4. The second kappa shape index (κ2) is 6.10. The fourth-order valence-corrected chi connectivity index (χ4v) is 3.46.